The summed E-state index contributed by atoms with van der Waals surface area (Å²) in [6, 6.07) is 1.10. The van der Waals surface area contributed by atoms with E-state index in [0.29, 0.717) is 11.0 Å². The van der Waals surface area contributed by atoms with E-state index in [9.17, 15) is 13.2 Å². The summed E-state index contributed by atoms with van der Waals surface area (Å²) >= 11 is 3.28. The number of hydrogen-bond acceptors (Lipinski definition) is 1. The number of hydrogen-bond donors (Lipinski definition) is 0. The van der Waals surface area contributed by atoms with Crippen LogP contribution in [0.4, 0.5) is 13.2 Å². The van der Waals surface area contributed by atoms with Gasteiger partial charge in [-0.2, -0.15) is 18.3 Å². The molecule has 0 aliphatic heterocycles. The largest absolute Gasteiger partial charge is 0.435 e. The average molecular weight is 285 g/mol. The molecule has 0 atom stereocenters. The zero-order valence-corrected chi connectivity index (χ0v) is 10.3. The number of nitrogens with zero attached hydrogens (tertiary/aromatic N) is 2. The summed E-state index contributed by atoms with van der Waals surface area (Å²) in [4.78, 5) is 0. The fraction of sp³-hybridized carbons (Fsp3) is 0.667. The third-order valence-electron chi connectivity index (χ3n) is 2.20. The van der Waals surface area contributed by atoms with Crippen molar-refractivity contribution in [2.24, 2.45) is 7.05 Å². The van der Waals surface area contributed by atoms with Crippen LogP contribution in [0.1, 0.15) is 25.2 Å². The molecule has 0 radical (unpaired) electrons. The molecular formula is C9H12BrF3N2. The Balaban J connectivity index is 3.18. The van der Waals surface area contributed by atoms with Crippen molar-refractivity contribution in [3.8, 4) is 0 Å². The van der Waals surface area contributed by atoms with E-state index in [0.717, 1.165) is 6.07 Å². The normalized spacial score (nSPS) is 13.3. The highest BCUT2D eigenvalue weighted by Gasteiger charge is 2.36. The molecule has 0 bridgehead atoms. The summed E-state index contributed by atoms with van der Waals surface area (Å²) in [5.74, 6) is 0. The van der Waals surface area contributed by atoms with E-state index in [4.69, 9.17) is 0 Å². The van der Waals surface area contributed by atoms with Gasteiger partial charge >= 0.3 is 6.18 Å². The Morgan fingerprint density at radius 1 is 1.40 bits per heavy atom. The number of rotatable bonds is 2. The summed E-state index contributed by atoms with van der Waals surface area (Å²) < 4.78 is 38.4. The maximum Gasteiger partial charge on any atom is 0.435 e. The number of alkyl halides is 4. The van der Waals surface area contributed by atoms with Gasteiger partial charge in [-0.1, -0.05) is 29.8 Å². The minimum atomic E-state index is -4.38. The van der Waals surface area contributed by atoms with Crippen LogP contribution in [-0.4, -0.2) is 15.1 Å². The SMILES string of the molecule is Cn1nc(C(F)(F)F)cc1C(C)(C)CBr. The first-order valence-electron chi connectivity index (χ1n) is 4.36. The molecule has 0 unspecified atom stereocenters. The van der Waals surface area contributed by atoms with Crippen LogP contribution in [0.2, 0.25) is 0 Å². The van der Waals surface area contributed by atoms with Crippen LogP contribution in [0, 0.1) is 0 Å². The van der Waals surface area contributed by atoms with Gasteiger partial charge in [-0.15, -0.1) is 0 Å². The lowest BCUT2D eigenvalue weighted by atomic mass is 9.92. The monoisotopic (exact) mass is 284 g/mol. The smallest absolute Gasteiger partial charge is 0.271 e. The first-order valence-corrected chi connectivity index (χ1v) is 5.48. The molecule has 0 aromatic carbocycles. The Labute approximate surface area is 94.6 Å². The molecule has 86 valence electrons. The van der Waals surface area contributed by atoms with E-state index in [1.54, 1.807) is 0 Å². The lowest BCUT2D eigenvalue weighted by Gasteiger charge is -2.21. The second-order valence-electron chi connectivity index (χ2n) is 4.05. The lowest BCUT2D eigenvalue weighted by molar-refractivity contribution is -0.141. The maximum absolute atomic E-state index is 12.4. The topological polar surface area (TPSA) is 17.8 Å². The first-order chi connectivity index (χ1) is 6.68. The summed E-state index contributed by atoms with van der Waals surface area (Å²) in [6.07, 6.45) is -4.38. The second kappa shape index (κ2) is 3.81. The minimum Gasteiger partial charge on any atom is -0.271 e. The maximum atomic E-state index is 12.4. The summed E-state index contributed by atoms with van der Waals surface area (Å²) in [5.41, 5.74) is -0.647. The van der Waals surface area contributed by atoms with Gasteiger partial charge in [-0.25, -0.2) is 0 Å². The minimum absolute atomic E-state index is 0.370. The van der Waals surface area contributed by atoms with Crippen molar-refractivity contribution in [2.45, 2.75) is 25.4 Å². The van der Waals surface area contributed by atoms with Gasteiger partial charge in [0.1, 0.15) is 0 Å². The van der Waals surface area contributed by atoms with Gasteiger partial charge in [0.05, 0.1) is 0 Å². The Kier molecular flexibility index (Phi) is 3.19. The predicted molar refractivity (Wildman–Crippen MR) is 55.0 cm³/mol. The molecule has 6 heteroatoms. The molecule has 2 nitrogen and oxygen atoms in total. The standard InChI is InChI=1S/C9H12BrF3N2/c1-8(2,5-10)7-4-6(9(11,12)13)14-15(7)3/h4H,5H2,1-3H3. The van der Waals surface area contributed by atoms with E-state index < -0.39 is 11.9 Å². The molecule has 1 aromatic heterocycles. The van der Waals surface area contributed by atoms with Crippen molar-refractivity contribution in [2.75, 3.05) is 5.33 Å². The number of halogens is 4. The van der Waals surface area contributed by atoms with Crippen LogP contribution in [0.15, 0.2) is 6.07 Å². The fourth-order valence-electron chi connectivity index (χ4n) is 1.31. The number of aromatic nitrogens is 2. The third kappa shape index (κ3) is 2.53. The predicted octanol–water partition coefficient (Wildman–Crippen LogP) is 3.11. The highest BCUT2D eigenvalue weighted by atomic mass is 79.9. The molecule has 15 heavy (non-hydrogen) atoms. The van der Waals surface area contributed by atoms with Crippen molar-refractivity contribution in [3.63, 3.8) is 0 Å². The van der Waals surface area contributed by atoms with E-state index in [1.807, 2.05) is 13.8 Å². The van der Waals surface area contributed by atoms with Gasteiger partial charge in [0, 0.05) is 23.5 Å². The zero-order valence-electron chi connectivity index (χ0n) is 8.69. The van der Waals surface area contributed by atoms with Crippen molar-refractivity contribution >= 4 is 15.9 Å². The van der Waals surface area contributed by atoms with Crippen LogP contribution in [-0.2, 0) is 18.6 Å². The summed E-state index contributed by atoms with van der Waals surface area (Å²) in [7, 11) is 1.52. The molecule has 1 aromatic rings. The molecule has 1 rings (SSSR count). The van der Waals surface area contributed by atoms with Gasteiger partial charge in [0.25, 0.3) is 0 Å². The van der Waals surface area contributed by atoms with Gasteiger partial charge in [-0.05, 0) is 6.07 Å². The highest BCUT2D eigenvalue weighted by Crippen LogP contribution is 2.32. The van der Waals surface area contributed by atoms with Crippen LogP contribution in [0.3, 0.4) is 0 Å². The second-order valence-corrected chi connectivity index (χ2v) is 4.61. The van der Waals surface area contributed by atoms with E-state index in [2.05, 4.69) is 21.0 Å². The molecule has 0 spiro atoms. The molecule has 0 saturated carbocycles. The third-order valence-corrected chi connectivity index (χ3v) is 3.60. The van der Waals surface area contributed by atoms with E-state index in [1.165, 1.54) is 11.7 Å². The van der Waals surface area contributed by atoms with Crippen molar-refractivity contribution in [3.05, 3.63) is 17.5 Å². The molecule has 0 N–H and O–H groups in total. The Morgan fingerprint density at radius 3 is 2.27 bits per heavy atom. The molecule has 0 saturated heterocycles. The molecular weight excluding hydrogens is 273 g/mol. The Hall–Kier alpha value is -0.520. The summed E-state index contributed by atoms with van der Waals surface area (Å²) in [5, 5.41) is 4.05. The highest BCUT2D eigenvalue weighted by molar-refractivity contribution is 9.09. The first kappa shape index (κ1) is 12.5. The number of aryl methyl sites for hydroxylation is 1. The zero-order chi connectivity index (χ0) is 11.9. The van der Waals surface area contributed by atoms with Crippen molar-refractivity contribution in [1.29, 1.82) is 0 Å². The van der Waals surface area contributed by atoms with Gasteiger partial charge in [-0.3, -0.25) is 4.68 Å². The van der Waals surface area contributed by atoms with Crippen LogP contribution in [0.25, 0.3) is 0 Å². The quantitative estimate of drug-likeness (QED) is 0.763. The molecule has 0 amide bonds. The van der Waals surface area contributed by atoms with Crippen LogP contribution < -0.4 is 0 Å². The average Bonchev–Trinajstić information content (AvgIpc) is 2.47. The fourth-order valence-corrected chi connectivity index (χ4v) is 1.59. The van der Waals surface area contributed by atoms with Crippen molar-refractivity contribution < 1.29 is 13.2 Å². The Morgan fingerprint density at radius 2 is 1.93 bits per heavy atom. The van der Waals surface area contributed by atoms with Crippen LogP contribution >= 0.6 is 15.9 Å². The summed E-state index contributed by atoms with van der Waals surface area (Å²) in [6.45, 7) is 3.72. The van der Waals surface area contributed by atoms with Gasteiger partial charge in [0.2, 0.25) is 0 Å². The van der Waals surface area contributed by atoms with Gasteiger partial charge < -0.3 is 0 Å². The molecule has 0 aliphatic rings. The van der Waals surface area contributed by atoms with E-state index in [-0.39, 0.29) is 5.41 Å². The molecule has 0 fully saturated rings. The Bertz CT molecular complexity index is 355. The van der Waals surface area contributed by atoms with Crippen LogP contribution in [0.5, 0.6) is 0 Å². The lowest BCUT2D eigenvalue weighted by Crippen LogP contribution is -2.22. The molecule has 0 aliphatic carbocycles. The van der Waals surface area contributed by atoms with Crippen molar-refractivity contribution in [1.82, 2.24) is 9.78 Å². The van der Waals surface area contributed by atoms with E-state index >= 15 is 0 Å². The molecule has 1 heterocycles. The van der Waals surface area contributed by atoms with Gasteiger partial charge in [0.15, 0.2) is 5.69 Å².